The topological polar surface area (TPSA) is 12.0 Å². The van der Waals surface area contributed by atoms with Crippen LogP contribution in [0.5, 0.6) is 0 Å². The van der Waals surface area contributed by atoms with Gasteiger partial charge in [-0.15, -0.1) is 0 Å². The van der Waals surface area contributed by atoms with Crippen molar-refractivity contribution in [1.82, 2.24) is 0 Å². The first-order chi connectivity index (χ1) is 9.72. The first-order valence-corrected chi connectivity index (χ1v) is 7.18. The predicted octanol–water partition coefficient (Wildman–Crippen LogP) is 5.35. The van der Waals surface area contributed by atoms with E-state index in [0.29, 0.717) is 11.0 Å². The zero-order chi connectivity index (χ0) is 13.9. The number of hydrogen-bond acceptors (Lipinski definition) is 1. The summed E-state index contributed by atoms with van der Waals surface area (Å²) in [5, 5.41) is 5.73. The van der Waals surface area contributed by atoms with Crippen molar-refractivity contribution < 1.29 is 4.39 Å². The maximum absolute atomic E-state index is 13.4. The van der Waals surface area contributed by atoms with E-state index in [9.17, 15) is 4.39 Å². The largest absolute Gasteiger partial charge is 0.381 e. The van der Waals surface area contributed by atoms with Gasteiger partial charge >= 0.3 is 0 Å². The van der Waals surface area contributed by atoms with Gasteiger partial charge in [0.15, 0.2) is 0 Å². The van der Waals surface area contributed by atoms with Crippen LogP contribution in [-0.2, 0) is 6.54 Å². The molecule has 0 unspecified atom stereocenters. The minimum Gasteiger partial charge on any atom is -0.381 e. The number of benzene rings is 3. The summed E-state index contributed by atoms with van der Waals surface area (Å²) in [6, 6.07) is 19.6. The second-order valence-corrected chi connectivity index (χ2v) is 5.52. The van der Waals surface area contributed by atoms with Crippen molar-refractivity contribution in [3.63, 3.8) is 0 Å². The fourth-order valence-electron chi connectivity index (χ4n) is 2.15. The molecule has 0 heterocycles. The highest BCUT2D eigenvalue weighted by Crippen LogP contribution is 2.20. The normalized spacial score (nSPS) is 10.7. The summed E-state index contributed by atoms with van der Waals surface area (Å²) in [5.41, 5.74) is 1.95. The summed E-state index contributed by atoms with van der Waals surface area (Å²) in [5.74, 6) is -0.234. The number of nitrogens with one attached hydrogen (secondary N) is 1. The van der Waals surface area contributed by atoms with Gasteiger partial charge in [-0.05, 0) is 56.5 Å². The standard InChI is InChI=1S/C17H13BrFN/c18-16-8-5-12(9-17(16)19)11-20-15-7-6-13-3-1-2-4-14(13)10-15/h1-10,20H,11H2. The van der Waals surface area contributed by atoms with Crippen LogP contribution in [0.2, 0.25) is 0 Å². The maximum atomic E-state index is 13.4. The quantitative estimate of drug-likeness (QED) is 0.682. The molecule has 1 N–H and O–H groups in total. The van der Waals surface area contributed by atoms with Crippen molar-refractivity contribution in [3.05, 3.63) is 76.5 Å². The van der Waals surface area contributed by atoms with E-state index < -0.39 is 0 Å². The Morgan fingerprint density at radius 3 is 2.50 bits per heavy atom. The molecule has 0 saturated heterocycles. The highest BCUT2D eigenvalue weighted by atomic mass is 79.9. The van der Waals surface area contributed by atoms with E-state index >= 15 is 0 Å². The SMILES string of the molecule is Fc1cc(CNc2ccc3ccccc3c2)ccc1Br. The van der Waals surface area contributed by atoms with Crippen LogP contribution in [0.1, 0.15) is 5.56 Å². The Kier molecular flexibility index (Phi) is 3.70. The molecule has 0 fully saturated rings. The van der Waals surface area contributed by atoms with Crippen LogP contribution < -0.4 is 5.32 Å². The van der Waals surface area contributed by atoms with Gasteiger partial charge in [0.1, 0.15) is 5.82 Å². The summed E-state index contributed by atoms with van der Waals surface area (Å²) in [6.07, 6.45) is 0. The summed E-state index contributed by atoms with van der Waals surface area (Å²) >= 11 is 3.16. The van der Waals surface area contributed by atoms with Crippen LogP contribution in [-0.4, -0.2) is 0 Å². The molecule has 0 aromatic heterocycles. The first-order valence-electron chi connectivity index (χ1n) is 6.39. The number of rotatable bonds is 3. The molecule has 0 amide bonds. The molecule has 20 heavy (non-hydrogen) atoms. The van der Waals surface area contributed by atoms with Crippen molar-refractivity contribution in [2.45, 2.75) is 6.54 Å². The van der Waals surface area contributed by atoms with E-state index in [4.69, 9.17) is 0 Å². The molecule has 0 aliphatic carbocycles. The molecule has 3 rings (SSSR count). The Bertz CT molecular complexity index is 755. The van der Waals surface area contributed by atoms with Crippen molar-refractivity contribution >= 4 is 32.4 Å². The lowest BCUT2D eigenvalue weighted by Gasteiger charge is -2.08. The minimum absolute atomic E-state index is 0.234. The number of fused-ring (bicyclic) bond motifs is 1. The third-order valence-corrected chi connectivity index (χ3v) is 3.87. The van der Waals surface area contributed by atoms with Gasteiger partial charge in [-0.25, -0.2) is 4.39 Å². The Morgan fingerprint density at radius 2 is 1.70 bits per heavy atom. The molecule has 0 atom stereocenters. The van der Waals surface area contributed by atoms with Gasteiger partial charge in [0.2, 0.25) is 0 Å². The lowest BCUT2D eigenvalue weighted by molar-refractivity contribution is 0.619. The number of halogens is 2. The second kappa shape index (κ2) is 5.63. The van der Waals surface area contributed by atoms with E-state index in [1.54, 1.807) is 6.07 Å². The van der Waals surface area contributed by atoms with E-state index in [0.717, 1.165) is 11.3 Å². The van der Waals surface area contributed by atoms with Crippen LogP contribution in [0.15, 0.2) is 65.1 Å². The van der Waals surface area contributed by atoms with Crippen LogP contribution in [0.3, 0.4) is 0 Å². The molecular formula is C17H13BrFN. The highest BCUT2D eigenvalue weighted by Gasteiger charge is 2.01. The molecule has 0 radical (unpaired) electrons. The monoisotopic (exact) mass is 329 g/mol. The molecule has 1 nitrogen and oxygen atoms in total. The third-order valence-electron chi connectivity index (χ3n) is 3.23. The summed E-state index contributed by atoms with van der Waals surface area (Å²) in [7, 11) is 0. The van der Waals surface area contributed by atoms with Gasteiger partial charge in [0.05, 0.1) is 4.47 Å². The highest BCUT2D eigenvalue weighted by molar-refractivity contribution is 9.10. The average Bonchev–Trinajstić information content (AvgIpc) is 2.48. The fourth-order valence-corrected chi connectivity index (χ4v) is 2.40. The van der Waals surface area contributed by atoms with Crippen molar-refractivity contribution in [2.24, 2.45) is 0 Å². The number of hydrogen-bond donors (Lipinski definition) is 1. The van der Waals surface area contributed by atoms with Crippen LogP contribution in [0.4, 0.5) is 10.1 Å². The van der Waals surface area contributed by atoms with Gasteiger partial charge in [0.25, 0.3) is 0 Å². The maximum Gasteiger partial charge on any atom is 0.137 e. The second-order valence-electron chi connectivity index (χ2n) is 4.66. The van der Waals surface area contributed by atoms with E-state index in [2.05, 4.69) is 45.5 Å². The zero-order valence-electron chi connectivity index (χ0n) is 10.7. The lowest BCUT2D eigenvalue weighted by Crippen LogP contribution is -1.99. The predicted molar refractivity (Wildman–Crippen MR) is 85.4 cm³/mol. The summed E-state index contributed by atoms with van der Waals surface area (Å²) in [4.78, 5) is 0. The molecule has 0 spiro atoms. The molecular weight excluding hydrogens is 317 g/mol. The summed E-state index contributed by atoms with van der Waals surface area (Å²) < 4.78 is 13.9. The van der Waals surface area contributed by atoms with Crippen LogP contribution in [0.25, 0.3) is 10.8 Å². The van der Waals surface area contributed by atoms with Crippen LogP contribution in [0, 0.1) is 5.82 Å². The van der Waals surface area contributed by atoms with Crippen molar-refractivity contribution in [1.29, 1.82) is 0 Å². The Morgan fingerprint density at radius 1 is 0.900 bits per heavy atom. The van der Waals surface area contributed by atoms with E-state index in [1.165, 1.54) is 16.8 Å². The Labute approximate surface area is 125 Å². The Hall–Kier alpha value is -1.87. The van der Waals surface area contributed by atoms with Gasteiger partial charge in [-0.1, -0.05) is 36.4 Å². The van der Waals surface area contributed by atoms with Crippen LogP contribution >= 0.6 is 15.9 Å². The Balaban J connectivity index is 1.77. The molecule has 3 aromatic rings. The molecule has 0 aliphatic rings. The van der Waals surface area contributed by atoms with Gasteiger partial charge < -0.3 is 5.32 Å². The van der Waals surface area contributed by atoms with E-state index in [1.807, 2.05) is 24.3 Å². The minimum atomic E-state index is -0.234. The molecule has 3 heteroatoms. The molecule has 0 bridgehead atoms. The van der Waals surface area contributed by atoms with Gasteiger partial charge in [0, 0.05) is 12.2 Å². The van der Waals surface area contributed by atoms with E-state index in [-0.39, 0.29) is 5.82 Å². The zero-order valence-corrected chi connectivity index (χ0v) is 12.3. The van der Waals surface area contributed by atoms with Crippen molar-refractivity contribution in [2.75, 3.05) is 5.32 Å². The molecule has 0 aliphatic heterocycles. The molecule has 3 aromatic carbocycles. The summed E-state index contributed by atoms with van der Waals surface area (Å²) in [6.45, 7) is 0.600. The lowest BCUT2D eigenvalue weighted by atomic mass is 10.1. The van der Waals surface area contributed by atoms with Gasteiger partial charge in [-0.2, -0.15) is 0 Å². The molecule has 100 valence electrons. The fraction of sp³-hybridized carbons (Fsp3) is 0.0588. The van der Waals surface area contributed by atoms with Crippen molar-refractivity contribution in [3.8, 4) is 0 Å². The van der Waals surface area contributed by atoms with Gasteiger partial charge in [-0.3, -0.25) is 0 Å². The molecule has 0 saturated carbocycles. The number of anilines is 1. The first kappa shape index (κ1) is 13.1. The third kappa shape index (κ3) is 2.83. The smallest absolute Gasteiger partial charge is 0.137 e. The average molecular weight is 330 g/mol.